The van der Waals surface area contributed by atoms with Gasteiger partial charge in [0.25, 0.3) is 0 Å². The van der Waals surface area contributed by atoms with Gasteiger partial charge in [0.05, 0.1) is 16.7 Å². The Bertz CT molecular complexity index is 2980. The van der Waals surface area contributed by atoms with Crippen molar-refractivity contribution < 1.29 is 0 Å². The third-order valence-electron chi connectivity index (χ3n) is 10.6. The number of hydrogen-bond donors (Lipinski definition) is 0. The summed E-state index contributed by atoms with van der Waals surface area (Å²) in [6, 6.07) is 61.5. The van der Waals surface area contributed by atoms with Crippen LogP contribution in [-0.4, -0.2) is 26.1 Å². The SMILES string of the molecule is C=C1/C=C\C=C/CN(c2nc(-c3ccccc3)nc(-c3ccc(-c4ccccc4)cc3)n2)c2c1cccc2-c1ccc2c3ccccc3n(-c3ccccc3)c2c1. The van der Waals surface area contributed by atoms with E-state index in [4.69, 9.17) is 15.0 Å². The maximum Gasteiger partial charge on any atom is 0.234 e. The van der Waals surface area contributed by atoms with Crippen LogP contribution in [0.25, 0.3) is 78.1 Å². The molecule has 0 saturated heterocycles. The van der Waals surface area contributed by atoms with E-state index >= 15 is 0 Å². The van der Waals surface area contributed by atoms with Gasteiger partial charge < -0.3 is 9.47 Å². The molecule has 0 amide bonds. The normalized spacial score (nSPS) is 13.8. The minimum Gasteiger partial charge on any atom is -0.309 e. The van der Waals surface area contributed by atoms with Gasteiger partial charge in [0.1, 0.15) is 0 Å². The maximum atomic E-state index is 5.26. The zero-order valence-corrected chi connectivity index (χ0v) is 31.2. The van der Waals surface area contributed by atoms with Gasteiger partial charge in [0.2, 0.25) is 5.95 Å². The van der Waals surface area contributed by atoms with Gasteiger partial charge in [-0.05, 0) is 46.5 Å². The molecule has 0 spiro atoms. The number of hydrogen-bond acceptors (Lipinski definition) is 4. The van der Waals surface area contributed by atoms with Crippen molar-refractivity contribution in [3.8, 4) is 50.7 Å². The van der Waals surface area contributed by atoms with Crippen LogP contribution in [0.1, 0.15) is 5.56 Å². The Morgan fingerprint density at radius 3 is 1.79 bits per heavy atom. The zero-order chi connectivity index (χ0) is 38.1. The van der Waals surface area contributed by atoms with Crippen molar-refractivity contribution >= 4 is 39.0 Å². The van der Waals surface area contributed by atoms with E-state index in [0.29, 0.717) is 24.1 Å². The van der Waals surface area contributed by atoms with Crippen LogP contribution in [0.2, 0.25) is 0 Å². The number of allylic oxidation sites excluding steroid dienone is 4. The zero-order valence-electron chi connectivity index (χ0n) is 31.2. The molecule has 9 aromatic rings. The molecule has 1 aliphatic rings. The molecule has 5 heteroatoms. The lowest BCUT2D eigenvalue weighted by molar-refractivity contribution is 0.960. The average Bonchev–Trinajstić information content (AvgIpc) is 3.65. The topological polar surface area (TPSA) is 46.8 Å². The van der Waals surface area contributed by atoms with Gasteiger partial charge in [-0.1, -0.05) is 183 Å². The summed E-state index contributed by atoms with van der Waals surface area (Å²) in [5.41, 5.74) is 12.6. The Morgan fingerprint density at radius 1 is 0.456 bits per heavy atom. The third kappa shape index (κ3) is 6.31. The van der Waals surface area contributed by atoms with E-state index < -0.39 is 0 Å². The Balaban J connectivity index is 1.18. The number of fused-ring (bicyclic) bond motifs is 4. The molecule has 270 valence electrons. The maximum absolute atomic E-state index is 5.26. The second-order valence-corrected chi connectivity index (χ2v) is 14.1. The Hall–Kier alpha value is -7.63. The monoisotopic (exact) mass is 731 g/mol. The van der Waals surface area contributed by atoms with Crippen LogP contribution in [0.5, 0.6) is 0 Å². The fourth-order valence-corrected chi connectivity index (χ4v) is 7.87. The molecule has 0 saturated carbocycles. The minimum absolute atomic E-state index is 0.527. The van der Waals surface area contributed by atoms with Crippen LogP contribution in [-0.2, 0) is 0 Å². The molecule has 0 bridgehead atoms. The summed E-state index contributed by atoms with van der Waals surface area (Å²) in [6.07, 6.45) is 8.33. The molecule has 3 heterocycles. The average molecular weight is 732 g/mol. The number of rotatable bonds is 6. The summed E-state index contributed by atoms with van der Waals surface area (Å²) in [5, 5.41) is 2.42. The highest BCUT2D eigenvalue weighted by molar-refractivity contribution is 6.10. The van der Waals surface area contributed by atoms with Crippen molar-refractivity contribution in [3.63, 3.8) is 0 Å². The number of nitrogens with zero attached hydrogens (tertiary/aromatic N) is 5. The summed E-state index contributed by atoms with van der Waals surface area (Å²) < 4.78 is 2.36. The van der Waals surface area contributed by atoms with Crippen LogP contribution >= 0.6 is 0 Å². The molecular weight excluding hydrogens is 695 g/mol. The molecular formula is C52H37N5. The first-order valence-corrected chi connectivity index (χ1v) is 19.2. The lowest BCUT2D eigenvalue weighted by Crippen LogP contribution is -2.22. The van der Waals surface area contributed by atoms with E-state index in [1.807, 2.05) is 36.4 Å². The molecule has 0 N–H and O–H groups in total. The van der Waals surface area contributed by atoms with Gasteiger partial charge in [-0.2, -0.15) is 9.97 Å². The molecule has 5 nitrogen and oxygen atoms in total. The van der Waals surface area contributed by atoms with Gasteiger partial charge in [-0.15, -0.1) is 0 Å². The highest BCUT2D eigenvalue weighted by Crippen LogP contribution is 2.43. The number of aromatic nitrogens is 4. The lowest BCUT2D eigenvalue weighted by Gasteiger charge is -2.28. The molecule has 0 aliphatic carbocycles. The second-order valence-electron chi connectivity index (χ2n) is 14.1. The van der Waals surface area contributed by atoms with E-state index in [-0.39, 0.29) is 0 Å². The quantitative estimate of drug-likeness (QED) is 0.171. The van der Waals surface area contributed by atoms with Gasteiger partial charge >= 0.3 is 0 Å². The Kier molecular flexibility index (Phi) is 8.65. The van der Waals surface area contributed by atoms with Gasteiger partial charge in [0, 0.05) is 45.3 Å². The minimum atomic E-state index is 0.527. The molecule has 0 radical (unpaired) electrons. The smallest absolute Gasteiger partial charge is 0.234 e. The van der Waals surface area contributed by atoms with E-state index in [0.717, 1.165) is 61.4 Å². The highest BCUT2D eigenvalue weighted by Gasteiger charge is 2.24. The Labute approximate surface area is 331 Å². The molecule has 0 atom stereocenters. The summed E-state index contributed by atoms with van der Waals surface area (Å²) in [4.78, 5) is 17.8. The van der Waals surface area contributed by atoms with Crippen LogP contribution in [0.4, 0.5) is 11.6 Å². The van der Waals surface area contributed by atoms with Gasteiger partial charge in [0.15, 0.2) is 11.6 Å². The first kappa shape index (κ1) is 33.9. The van der Waals surface area contributed by atoms with Crippen LogP contribution in [0.15, 0.2) is 207 Å². The molecule has 57 heavy (non-hydrogen) atoms. The van der Waals surface area contributed by atoms with Crippen molar-refractivity contribution in [2.24, 2.45) is 0 Å². The van der Waals surface area contributed by atoms with E-state index in [9.17, 15) is 0 Å². The number of anilines is 2. The molecule has 2 aromatic heterocycles. The largest absolute Gasteiger partial charge is 0.309 e. The standard InChI is InChI=1S/C52H37N5/c1-36-17-6-5-15-34-56(52-54-50(39-20-9-3-10-21-39)53-51(55-52)40-30-28-38(29-31-40)37-18-7-2-8-19-37)49-43(36)25-16-26-44(49)41-32-33-46-45-24-13-14-27-47(45)57(48(46)35-41)42-22-11-4-12-23-42/h2-33,35H,1,34H2/b15-5-,17-6-. The molecule has 0 unspecified atom stereocenters. The van der Waals surface area contributed by atoms with E-state index in [1.165, 1.54) is 16.3 Å². The second kappa shape index (κ2) is 14.5. The highest BCUT2D eigenvalue weighted by atomic mass is 15.3. The third-order valence-corrected chi connectivity index (χ3v) is 10.6. The van der Waals surface area contributed by atoms with Crippen LogP contribution < -0.4 is 4.90 Å². The molecule has 7 aromatic carbocycles. The summed E-state index contributed by atoms with van der Waals surface area (Å²) >= 11 is 0. The summed E-state index contributed by atoms with van der Waals surface area (Å²) in [5.74, 6) is 1.77. The molecule has 1 aliphatic heterocycles. The number of para-hydroxylation sites is 3. The fourth-order valence-electron chi connectivity index (χ4n) is 7.87. The Morgan fingerprint density at radius 2 is 1.04 bits per heavy atom. The predicted octanol–water partition coefficient (Wildman–Crippen LogP) is 12.9. The molecule has 10 rings (SSSR count). The first-order valence-electron chi connectivity index (χ1n) is 19.2. The lowest BCUT2D eigenvalue weighted by atomic mass is 9.94. The summed E-state index contributed by atoms with van der Waals surface area (Å²) in [7, 11) is 0. The number of benzene rings is 7. The molecule has 0 fully saturated rings. The summed E-state index contributed by atoms with van der Waals surface area (Å²) in [6.45, 7) is 5.08. The van der Waals surface area contributed by atoms with Crippen LogP contribution in [0, 0.1) is 0 Å². The van der Waals surface area contributed by atoms with Crippen molar-refractivity contribution in [2.75, 3.05) is 11.4 Å². The first-order chi connectivity index (χ1) is 28.2. The predicted molar refractivity (Wildman–Crippen MR) is 237 cm³/mol. The van der Waals surface area contributed by atoms with Gasteiger partial charge in [-0.3, -0.25) is 0 Å². The van der Waals surface area contributed by atoms with Crippen LogP contribution in [0.3, 0.4) is 0 Å². The van der Waals surface area contributed by atoms with Crippen molar-refractivity contribution in [3.05, 3.63) is 212 Å². The van der Waals surface area contributed by atoms with Crippen molar-refractivity contribution in [1.82, 2.24) is 19.5 Å². The van der Waals surface area contributed by atoms with Crippen molar-refractivity contribution in [2.45, 2.75) is 0 Å². The fraction of sp³-hybridized carbons (Fsp3) is 0.0192. The van der Waals surface area contributed by atoms with E-state index in [1.54, 1.807) is 0 Å². The van der Waals surface area contributed by atoms with E-state index in [2.05, 4.69) is 180 Å². The van der Waals surface area contributed by atoms with Gasteiger partial charge in [-0.25, -0.2) is 4.98 Å². The van der Waals surface area contributed by atoms with Crippen molar-refractivity contribution in [1.29, 1.82) is 0 Å².